The van der Waals surface area contributed by atoms with Crippen molar-refractivity contribution in [1.29, 1.82) is 0 Å². The molecule has 2 unspecified atom stereocenters. The molecule has 2 atom stereocenters. The van der Waals surface area contributed by atoms with Crippen LogP contribution in [0.4, 0.5) is 0 Å². The molecule has 4 heteroatoms. The van der Waals surface area contributed by atoms with E-state index >= 15 is 0 Å². The molecular weight excluding hydrogens is 710 g/mol. The summed E-state index contributed by atoms with van der Waals surface area (Å²) >= 11 is -3.70. The number of rotatable bonds is 8. The van der Waals surface area contributed by atoms with E-state index in [2.05, 4.69) is 122 Å². The standard InChI is InChI=1S/2C17H23.2CH3.2ClH.Hf.H2Si/c2*1-6-13-7-15-9-14(11(2)3)10-16(12(4)5)17(15)8-13;;;;;;/h2*7-12H,6H2,1-5H3;2*1H3;2*1H;;1H2. The molecule has 40 heavy (non-hydrogen) atoms. The summed E-state index contributed by atoms with van der Waals surface area (Å²) in [4.78, 5) is 0. The summed E-state index contributed by atoms with van der Waals surface area (Å²) in [6.45, 7) is 26.4. The molecule has 0 saturated carbocycles. The first-order valence-electron chi connectivity index (χ1n) is 15.4. The van der Waals surface area contributed by atoms with Gasteiger partial charge in [-0.2, -0.15) is 0 Å². The number of benzene rings is 2. The Kier molecular flexibility index (Phi) is 11.3. The maximum Gasteiger partial charge on any atom is -0.147 e. The largest absolute Gasteiger partial charge is 0.147 e. The molecule has 0 heterocycles. The van der Waals surface area contributed by atoms with Gasteiger partial charge in [-0.15, -0.1) is 24.8 Å². The molecule has 4 rings (SSSR count). The van der Waals surface area contributed by atoms with Crippen LogP contribution in [0.25, 0.3) is 12.2 Å². The van der Waals surface area contributed by atoms with Gasteiger partial charge in [-0.25, -0.2) is 0 Å². The van der Waals surface area contributed by atoms with E-state index in [9.17, 15) is 0 Å². The number of allylic oxidation sites excluding steroid dienone is 2. The summed E-state index contributed by atoms with van der Waals surface area (Å²) in [6.07, 6.45) is 7.61. The molecule has 0 radical (unpaired) electrons. The minimum Gasteiger partial charge on any atom is -0.147 e. The molecule has 2 aliphatic carbocycles. The summed E-state index contributed by atoms with van der Waals surface area (Å²) < 4.78 is 6.91. The van der Waals surface area contributed by atoms with E-state index in [1.165, 1.54) is 11.1 Å². The van der Waals surface area contributed by atoms with E-state index in [-0.39, 0.29) is 24.8 Å². The Balaban J connectivity index is 0.00000280. The zero-order chi connectivity index (χ0) is 28.3. The van der Waals surface area contributed by atoms with Crippen LogP contribution in [0.1, 0.15) is 158 Å². The minimum atomic E-state index is -3.70. The van der Waals surface area contributed by atoms with Crippen LogP contribution in [0.2, 0.25) is 9.36 Å². The van der Waals surface area contributed by atoms with Crippen molar-refractivity contribution in [2.45, 2.75) is 122 Å². The fraction of sp³-hybridized carbons (Fsp3) is 0.556. The zero-order valence-electron chi connectivity index (χ0n) is 27.4. The van der Waals surface area contributed by atoms with Crippen LogP contribution >= 0.6 is 24.8 Å². The SMILES string of the molecule is CCC1=Cc2c(C(C)C)cc(C(C)C)cc2[CH]1[Hf]([CH3])([CH3])(=[SiH2])[CH]1C(CC)=Cc2c(C(C)C)cc(C(C)C)cc21.Cl.Cl. The monoisotopic (exact) mass is 766 g/mol. The smallest absolute Gasteiger partial charge is 0.147 e. The first-order chi connectivity index (χ1) is 17.6. The first kappa shape index (κ1) is 35.8. The van der Waals surface area contributed by atoms with Crippen LogP contribution in [0.5, 0.6) is 0 Å². The van der Waals surface area contributed by atoms with Crippen LogP contribution in [-0.2, 0) is 17.1 Å². The Hall–Kier alpha value is -0.413. The molecule has 0 aliphatic heterocycles. The van der Waals surface area contributed by atoms with Crippen molar-refractivity contribution in [1.82, 2.24) is 0 Å². The van der Waals surface area contributed by atoms with Gasteiger partial charge in [0.05, 0.1) is 0 Å². The second kappa shape index (κ2) is 12.7. The normalized spacial score (nSPS) is 18.5. The van der Waals surface area contributed by atoms with Crippen molar-refractivity contribution in [3.05, 3.63) is 79.9 Å². The van der Waals surface area contributed by atoms with Gasteiger partial charge < -0.3 is 0 Å². The Morgan fingerprint density at radius 2 is 0.925 bits per heavy atom. The molecule has 2 aromatic carbocycles. The summed E-state index contributed by atoms with van der Waals surface area (Å²) in [7, 11) is 0. The van der Waals surface area contributed by atoms with Gasteiger partial charge in [-0.3, -0.25) is 0 Å². The number of halogens is 2. The molecule has 0 spiro atoms. The van der Waals surface area contributed by atoms with E-state index in [4.69, 9.17) is 0 Å². The number of hydrogen-bond donors (Lipinski definition) is 0. The third kappa shape index (κ3) is 6.00. The molecule has 2 aliphatic rings. The summed E-state index contributed by atoms with van der Waals surface area (Å²) in [5.74, 6) is 2.20. The second-order valence-corrected chi connectivity index (χ2v) is 58.3. The van der Waals surface area contributed by atoms with Crippen molar-refractivity contribution in [3.8, 4) is 0 Å². The first-order valence-corrected chi connectivity index (χ1v) is 35.1. The second-order valence-electron chi connectivity index (χ2n) is 14.8. The van der Waals surface area contributed by atoms with E-state index in [1.807, 2.05) is 0 Å². The predicted octanol–water partition coefficient (Wildman–Crippen LogP) is 11.8. The number of fused-ring (bicyclic) bond motifs is 2. The van der Waals surface area contributed by atoms with Crippen molar-refractivity contribution in [2.24, 2.45) is 0 Å². The topological polar surface area (TPSA) is 0 Å². The Morgan fingerprint density at radius 1 is 0.600 bits per heavy atom. The Morgan fingerprint density at radius 3 is 1.18 bits per heavy atom. The molecule has 0 nitrogen and oxygen atoms in total. The van der Waals surface area contributed by atoms with Gasteiger partial charge in [0.2, 0.25) is 0 Å². The van der Waals surface area contributed by atoms with Crippen molar-refractivity contribution in [2.75, 3.05) is 0 Å². The van der Waals surface area contributed by atoms with Gasteiger partial charge in [0.15, 0.2) is 0 Å². The van der Waals surface area contributed by atoms with Gasteiger partial charge in [0.1, 0.15) is 0 Å². The van der Waals surface area contributed by atoms with Gasteiger partial charge >= 0.3 is 239 Å². The summed E-state index contributed by atoms with van der Waals surface area (Å²) in [6, 6.07) is 10.3. The molecular formula is C36H56Cl2HfSi. The van der Waals surface area contributed by atoms with Crippen molar-refractivity contribution < 1.29 is 17.1 Å². The maximum atomic E-state index is 2.83. The van der Waals surface area contributed by atoms with Crippen LogP contribution in [0.15, 0.2) is 35.4 Å². The molecule has 0 bridgehead atoms. The molecule has 0 fully saturated rings. The van der Waals surface area contributed by atoms with Crippen LogP contribution in [-0.4, -0.2) is 6.94 Å². The summed E-state index contributed by atoms with van der Waals surface area (Å²) in [5.41, 5.74) is 16.1. The van der Waals surface area contributed by atoms with Crippen molar-refractivity contribution >= 4 is 43.9 Å². The van der Waals surface area contributed by atoms with E-state index < -0.39 is 17.1 Å². The molecule has 0 saturated heterocycles. The Labute approximate surface area is 261 Å². The van der Waals surface area contributed by atoms with Gasteiger partial charge in [0, 0.05) is 0 Å². The fourth-order valence-corrected chi connectivity index (χ4v) is 36.8. The third-order valence-electron chi connectivity index (χ3n) is 9.85. The van der Waals surface area contributed by atoms with Crippen molar-refractivity contribution in [3.63, 3.8) is 0 Å². The van der Waals surface area contributed by atoms with E-state index in [0.29, 0.717) is 31.0 Å². The van der Waals surface area contributed by atoms with Gasteiger partial charge in [-0.1, -0.05) is 0 Å². The molecule has 0 N–H and O–H groups in total. The van der Waals surface area contributed by atoms with Gasteiger partial charge in [0.25, 0.3) is 0 Å². The Bertz CT molecular complexity index is 1280. The molecule has 0 amide bonds. The van der Waals surface area contributed by atoms with E-state index in [1.54, 1.807) is 44.5 Å². The van der Waals surface area contributed by atoms with Crippen LogP contribution in [0.3, 0.4) is 0 Å². The average molecular weight is 766 g/mol. The average Bonchev–Trinajstić information content (AvgIpc) is 3.41. The predicted molar refractivity (Wildman–Crippen MR) is 186 cm³/mol. The number of hydrogen-bond acceptors (Lipinski definition) is 0. The van der Waals surface area contributed by atoms with Crippen LogP contribution in [0, 0.1) is 0 Å². The summed E-state index contributed by atoms with van der Waals surface area (Å²) in [5, 5.41) is 0. The van der Waals surface area contributed by atoms with Gasteiger partial charge in [-0.05, 0) is 0 Å². The molecule has 222 valence electrons. The molecule has 0 aromatic heterocycles. The zero-order valence-corrected chi connectivity index (χ0v) is 34.0. The molecule has 2 aromatic rings. The van der Waals surface area contributed by atoms with Crippen LogP contribution < -0.4 is 0 Å². The fourth-order valence-electron chi connectivity index (χ4n) is 7.83. The maximum absolute atomic E-state index is 3.70. The minimum absolute atomic E-state index is 0. The van der Waals surface area contributed by atoms with E-state index in [0.717, 1.165) is 12.8 Å². The quantitative estimate of drug-likeness (QED) is 0.235. The third-order valence-corrected chi connectivity index (χ3v) is 35.1.